The Kier molecular flexibility index (Phi) is 5.68. The van der Waals surface area contributed by atoms with Gasteiger partial charge in [0, 0.05) is 17.0 Å². The van der Waals surface area contributed by atoms with Gasteiger partial charge in [-0.05, 0) is 38.4 Å². The van der Waals surface area contributed by atoms with E-state index in [4.69, 9.17) is 4.52 Å². The Balaban J connectivity index is 1.37. The van der Waals surface area contributed by atoms with Gasteiger partial charge in [0.25, 0.3) is 5.91 Å². The summed E-state index contributed by atoms with van der Waals surface area (Å²) in [7, 11) is 0. The highest BCUT2D eigenvalue weighted by Gasteiger charge is 2.29. The van der Waals surface area contributed by atoms with Crippen molar-refractivity contribution >= 4 is 34.1 Å². The van der Waals surface area contributed by atoms with E-state index in [1.54, 1.807) is 25.1 Å². The van der Waals surface area contributed by atoms with Gasteiger partial charge in [0.05, 0.1) is 18.3 Å². The highest BCUT2D eigenvalue weighted by molar-refractivity contribution is 7.14. The van der Waals surface area contributed by atoms with Crippen molar-refractivity contribution in [1.29, 1.82) is 0 Å². The predicted molar refractivity (Wildman–Crippen MR) is 110 cm³/mol. The summed E-state index contributed by atoms with van der Waals surface area (Å²) in [5.74, 6) is 0.741. The van der Waals surface area contributed by atoms with Crippen molar-refractivity contribution in [2.75, 3.05) is 23.7 Å². The average Bonchev–Trinajstić information content (AvgIpc) is 3.44. The second-order valence-electron chi connectivity index (χ2n) is 6.90. The molecule has 1 atom stereocenters. The van der Waals surface area contributed by atoms with Crippen LogP contribution in [0.1, 0.15) is 40.7 Å². The van der Waals surface area contributed by atoms with Crippen LogP contribution in [-0.2, 0) is 4.79 Å². The van der Waals surface area contributed by atoms with Gasteiger partial charge in [0.15, 0.2) is 10.9 Å². The average molecular weight is 411 g/mol. The zero-order valence-corrected chi connectivity index (χ0v) is 16.7. The van der Waals surface area contributed by atoms with Crippen LogP contribution in [0.4, 0.5) is 10.9 Å². The molecule has 3 aromatic rings. The van der Waals surface area contributed by atoms with E-state index < -0.39 is 0 Å². The van der Waals surface area contributed by atoms with E-state index in [-0.39, 0.29) is 24.4 Å². The van der Waals surface area contributed by atoms with Crippen LogP contribution in [-0.4, -0.2) is 39.9 Å². The number of hydrogen-bond acceptors (Lipinski definition) is 7. The van der Waals surface area contributed by atoms with Crippen molar-refractivity contribution in [3.63, 3.8) is 0 Å². The summed E-state index contributed by atoms with van der Waals surface area (Å²) in [6.45, 7) is 2.84. The van der Waals surface area contributed by atoms with Crippen LogP contribution in [0.3, 0.4) is 0 Å². The maximum atomic E-state index is 12.4. The Morgan fingerprint density at radius 2 is 2.10 bits per heavy atom. The molecule has 2 amide bonds. The van der Waals surface area contributed by atoms with Crippen molar-refractivity contribution in [3.8, 4) is 0 Å². The van der Waals surface area contributed by atoms with E-state index >= 15 is 0 Å². The smallest absolute Gasteiger partial charge is 0.257 e. The fourth-order valence-corrected chi connectivity index (χ4v) is 4.15. The first-order valence-corrected chi connectivity index (χ1v) is 10.3. The number of nitrogens with one attached hydrogen (secondary N) is 2. The third-order valence-corrected chi connectivity index (χ3v) is 5.50. The quantitative estimate of drug-likeness (QED) is 0.644. The van der Waals surface area contributed by atoms with Gasteiger partial charge in [-0.1, -0.05) is 23.4 Å². The monoisotopic (exact) mass is 411 g/mol. The molecule has 1 fully saturated rings. The van der Waals surface area contributed by atoms with Crippen LogP contribution in [0.2, 0.25) is 0 Å². The van der Waals surface area contributed by atoms with Crippen LogP contribution < -0.4 is 10.6 Å². The van der Waals surface area contributed by atoms with Gasteiger partial charge in [0.1, 0.15) is 5.76 Å². The number of anilines is 2. The number of aromatic nitrogens is 2. The van der Waals surface area contributed by atoms with E-state index in [1.807, 2.05) is 23.6 Å². The number of hydrogen-bond donors (Lipinski definition) is 2. The van der Waals surface area contributed by atoms with E-state index in [0.717, 1.165) is 25.1 Å². The lowest BCUT2D eigenvalue weighted by molar-refractivity contribution is -0.117. The summed E-state index contributed by atoms with van der Waals surface area (Å²) in [5.41, 5.74) is 1.47. The first kappa shape index (κ1) is 19.3. The van der Waals surface area contributed by atoms with Gasteiger partial charge in [0.2, 0.25) is 5.91 Å². The Hall–Kier alpha value is -3.04. The molecule has 150 valence electrons. The summed E-state index contributed by atoms with van der Waals surface area (Å²) in [5, 5.41) is 11.9. The minimum Gasteiger partial charge on any atom is -0.360 e. The van der Waals surface area contributed by atoms with Gasteiger partial charge >= 0.3 is 0 Å². The second kappa shape index (κ2) is 8.54. The van der Waals surface area contributed by atoms with Gasteiger partial charge in [-0.2, -0.15) is 0 Å². The maximum absolute atomic E-state index is 12.4. The third kappa shape index (κ3) is 4.69. The molecule has 0 spiro atoms. The van der Waals surface area contributed by atoms with Crippen LogP contribution in [0.15, 0.2) is 46.3 Å². The van der Waals surface area contributed by atoms with Gasteiger partial charge < -0.3 is 9.84 Å². The minimum atomic E-state index is -0.183. The fraction of sp³-hybridized carbons (Fsp3) is 0.300. The molecule has 0 saturated carbocycles. The number of aryl methyl sites for hydroxylation is 1. The van der Waals surface area contributed by atoms with Crippen molar-refractivity contribution in [2.24, 2.45) is 0 Å². The molecule has 8 nitrogen and oxygen atoms in total. The largest absolute Gasteiger partial charge is 0.360 e. The third-order valence-electron chi connectivity index (χ3n) is 4.73. The Bertz CT molecular complexity index is 1000. The zero-order valence-electron chi connectivity index (χ0n) is 15.9. The van der Waals surface area contributed by atoms with Gasteiger partial charge in [-0.25, -0.2) is 4.98 Å². The molecule has 4 rings (SSSR count). The number of carbonyl (C=O) groups excluding carboxylic acids is 2. The van der Waals surface area contributed by atoms with E-state index in [0.29, 0.717) is 22.3 Å². The highest BCUT2D eigenvalue weighted by atomic mass is 32.1. The molecule has 2 N–H and O–H groups in total. The molecule has 0 aliphatic carbocycles. The molecule has 1 aromatic carbocycles. The van der Waals surface area contributed by atoms with Crippen molar-refractivity contribution in [1.82, 2.24) is 15.0 Å². The molecule has 1 aliphatic heterocycles. The van der Waals surface area contributed by atoms with Crippen LogP contribution in [0, 0.1) is 6.92 Å². The van der Waals surface area contributed by atoms with E-state index in [2.05, 4.69) is 25.7 Å². The molecule has 3 heterocycles. The highest BCUT2D eigenvalue weighted by Crippen LogP contribution is 2.33. The molecule has 9 heteroatoms. The Morgan fingerprint density at radius 3 is 2.86 bits per heavy atom. The normalized spacial score (nSPS) is 16.7. The summed E-state index contributed by atoms with van der Waals surface area (Å²) in [4.78, 5) is 31.3. The van der Waals surface area contributed by atoms with Gasteiger partial charge in [-0.3, -0.25) is 19.8 Å². The molecule has 1 aliphatic rings. The first-order chi connectivity index (χ1) is 14.1. The standard InChI is InChI=1S/C20H21N5O3S/c1-13-10-17(24-28-13)22-18(26)11-25-9-5-8-16(25)15-12-29-20(21-15)23-19(27)14-6-3-2-4-7-14/h2-4,6-7,10,12,16H,5,8-9,11H2,1H3,(H,21,23,27)(H,22,24,26)/t16-/m1/s1. The summed E-state index contributed by atoms with van der Waals surface area (Å²) in [6, 6.07) is 10.8. The number of likely N-dealkylation sites (tertiary alicyclic amines) is 1. The summed E-state index contributed by atoms with van der Waals surface area (Å²) in [6.07, 6.45) is 1.91. The molecule has 2 aromatic heterocycles. The van der Waals surface area contributed by atoms with Crippen molar-refractivity contribution in [3.05, 3.63) is 58.8 Å². The molecule has 0 unspecified atom stereocenters. The van der Waals surface area contributed by atoms with Crippen LogP contribution in [0.25, 0.3) is 0 Å². The number of thiazole rings is 1. The van der Waals surface area contributed by atoms with Crippen molar-refractivity contribution in [2.45, 2.75) is 25.8 Å². The lowest BCUT2D eigenvalue weighted by Crippen LogP contribution is -2.33. The number of nitrogens with zero attached hydrogens (tertiary/aromatic N) is 3. The Morgan fingerprint density at radius 1 is 1.28 bits per heavy atom. The molecule has 0 bridgehead atoms. The van der Waals surface area contributed by atoms with Crippen molar-refractivity contribution < 1.29 is 14.1 Å². The molecule has 1 saturated heterocycles. The maximum Gasteiger partial charge on any atom is 0.257 e. The molecule has 29 heavy (non-hydrogen) atoms. The predicted octanol–water partition coefficient (Wildman–Crippen LogP) is 3.47. The lowest BCUT2D eigenvalue weighted by Gasteiger charge is -2.22. The second-order valence-corrected chi connectivity index (χ2v) is 7.76. The zero-order chi connectivity index (χ0) is 20.2. The minimum absolute atomic E-state index is 0.0541. The van der Waals surface area contributed by atoms with E-state index in [9.17, 15) is 9.59 Å². The number of rotatable bonds is 6. The number of amides is 2. The number of carbonyl (C=O) groups is 2. The van der Waals surface area contributed by atoms with E-state index in [1.165, 1.54) is 11.3 Å². The van der Waals surface area contributed by atoms with Crippen LogP contribution in [0.5, 0.6) is 0 Å². The molecular weight excluding hydrogens is 390 g/mol. The topological polar surface area (TPSA) is 100 Å². The molecule has 0 radical (unpaired) electrons. The first-order valence-electron chi connectivity index (χ1n) is 9.37. The summed E-state index contributed by atoms with van der Waals surface area (Å²) >= 11 is 1.39. The summed E-state index contributed by atoms with van der Waals surface area (Å²) < 4.78 is 4.97. The SMILES string of the molecule is Cc1cc(NC(=O)CN2CCC[C@@H]2c2csc(NC(=O)c3ccccc3)n2)no1. The molecular formula is C20H21N5O3S. The Labute approximate surface area is 171 Å². The fourth-order valence-electron chi connectivity index (χ4n) is 3.40. The van der Waals surface area contributed by atoms with Crippen LogP contribution >= 0.6 is 11.3 Å². The van der Waals surface area contributed by atoms with Gasteiger partial charge in [-0.15, -0.1) is 11.3 Å². The lowest BCUT2D eigenvalue weighted by atomic mass is 10.2. The number of benzene rings is 1.